The summed E-state index contributed by atoms with van der Waals surface area (Å²) in [7, 11) is 0. The Morgan fingerprint density at radius 1 is 1.38 bits per heavy atom. The second-order valence-corrected chi connectivity index (χ2v) is 2.44. The molecule has 78 valence electrons. The maximum atomic E-state index is 11.6. The predicted octanol–water partition coefficient (Wildman–Crippen LogP) is 1.73. The van der Waals surface area contributed by atoms with Crippen LogP contribution < -0.4 is 5.32 Å². The molecule has 0 radical (unpaired) electrons. The molecule has 0 aromatic rings. The number of ether oxygens (including phenoxy) is 1. The van der Waals surface area contributed by atoms with Gasteiger partial charge in [-0.2, -0.15) is 13.2 Å². The Bertz CT molecular complexity index is 145. The minimum Gasteiger partial charge on any atom is -0.376 e. The summed E-state index contributed by atoms with van der Waals surface area (Å²) in [5, 5.41) is 2.23. The second kappa shape index (κ2) is 6.91. The fourth-order valence-electron chi connectivity index (χ4n) is 0.622. The van der Waals surface area contributed by atoms with Crippen LogP contribution in [-0.2, 0) is 4.74 Å². The molecule has 0 amide bonds. The lowest BCUT2D eigenvalue weighted by Gasteiger charge is -2.07. The van der Waals surface area contributed by atoms with Gasteiger partial charge in [-0.1, -0.05) is 12.2 Å². The molecule has 0 aromatic heterocycles. The van der Waals surface area contributed by atoms with E-state index in [1.54, 1.807) is 6.08 Å². The smallest absolute Gasteiger partial charge is 0.376 e. The van der Waals surface area contributed by atoms with Gasteiger partial charge in [0.25, 0.3) is 0 Å². The highest BCUT2D eigenvalue weighted by molar-refractivity contribution is 4.75. The highest BCUT2D eigenvalue weighted by Gasteiger charge is 2.25. The first-order valence-corrected chi connectivity index (χ1v) is 4.02. The van der Waals surface area contributed by atoms with Gasteiger partial charge in [-0.05, 0) is 6.92 Å². The Balaban J connectivity index is 3.09. The Morgan fingerprint density at radius 3 is 2.62 bits per heavy atom. The van der Waals surface area contributed by atoms with Crippen molar-refractivity contribution >= 4 is 0 Å². The Labute approximate surface area is 75.8 Å². The van der Waals surface area contributed by atoms with Crippen molar-refractivity contribution in [1.29, 1.82) is 0 Å². The van der Waals surface area contributed by atoms with Crippen LogP contribution in [0, 0.1) is 0 Å². The van der Waals surface area contributed by atoms with Crippen molar-refractivity contribution in [2.45, 2.75) is 13.1 Å². The molecule has 0 fully saturated rings. The molecule has 0 aliphatic rings. The lowest BCUT2D eigenvalue weighted by atomic mass is 10.5. The molecule has 0 atom stereocenters. The van der Waals surface area contributed by atoms with Gasteiger partial charge < -0.3 is 10.1 Å². The molecule has 0 saturated carbocycles. The van der Waals surface area contributed by atoms with E-state index in [0.29, 0.717) is 13.2 Å². The number of allylic oxidation sites excluding steroid dienone is 1. The van der Waals surface area contributed by atoms with Crippen LogP contribution >= 0.6 is 0 Å². The van der Waals surface area contributed by atoms with Crippen molar-refractivity contribution in [1.82, 2.24) is 5.32 Å². The van der Waals surface area contributed by atoms with Crippen LogP contribution in [-0.4, -0.2) is 32.5 Å². The minimum atomic E-state index is -4.14. The standard InChI is InChI=1S/C8H14F3NO/c1-2-3-5-13-6-4-12-7-8(9,10)11/h2-3,12H,4-7H2,1H3. The van der Waals surface area contributed by atoms with Gasteiger partial charge in [0.1, 0.15) is 0 Å². The van der Waals surface area contributed by atoms with Crippen LogP contribution in [0.15, 0.2) is 12.2 Å². The molecular weight excluding hydrogens is 183 g/mol. The van der Waals surface area contributed by atoms with E-state index in [2.05, 4.69) is 5.32 Å². The molecule has 0 aliphatic carbocycles. The van der Waals surface area contributed by atoms with Gasteiger partial charge in [0.05, 0.1) is 19.8 Å². The molecule has 5 heteroatoms. The summed E-state index contributed by atoms with van der Waals surface area (Å²) in [6.07, 6.45) is -0.518. The summed E-state index contributed by atoms with van der Waals surface area (Å²) >= 11 is 0. The first-order valence-electron chi connectivity index (χ1n) is 4.02. The quantitative estimate of drug-likeness (QED) is 0.517. The van der Waals surface area contributed by atoms with Gasteiger partial charge >= 0.3 is 6.18 Å². The third-order valence-electron chi connectivity index (χ3n) is 1.20. The zero-order valence-electron chi connectivity index (χ0n) is 7.53. The lowest BCUT2D eigenvalue weighted by molar-refractivity contribution is -0.125. The molecule has 0 unspecified atom stereocenters. The van der Waals surface area contributed by atoms with E-state index >= 15 is 0 Å². The number of halogens is 3. The zero-order valence-corrected chi connectivity index (χ0v) is 7.53. The summed E-state index contributed by atoms with van der Waals surface area (Å²) in [4.78, 5) is 0. The third kappa shape index (κ3) is 11.5. The van der Waals surface area contributed by atoms with Gasteiger partial charge in [0.2, 0.25) is 0 Å². The molecule has 13 heavy (non-hydrogen) atoms. The first kappa shape index (κ1) is 12.4. The third-order valence-corrected chi connectivity index (χ3v) is 1.20. The van der Waals surface area contributed by atoms with E-state index in [-0.39, 0.29) is 6.54 Å². The largest absolute Gasteiger partial charge is 0.401 e. The fraction of sp³-hybridized carbons (Fsp3) is 0.750. The van der Waals surface area contributed by atoms with E-state index in [4.69, 9.17) is 4.74 Å². The highest BCUT2D eigenvalue weighted by atomic mass is 19.4. The summed E-state index contributed by atoms with van der Waals surface area (Å²) in [5.41, 5.74) is 0. The minimum absolute atomic E-state index is 0.219. The van der Waals surface area contributed by atoms with Crippen molar-refractivity contribution < 1.29 is 17.9 Å². The zero-order chi connectivity index (χ0) is 10.2. The number of alkyl halides is 3. The van der Waals surface area contributed by atoms with Crippen molar-refractivity contribution in [3.63, 3.8) is 0 Å². The van der Waals surface area contributed by atoms with Crippen LogP contribution in [0.3, 0.4) is 0 Å². The Hall–Kier alpha value is -0.550. The number of hydrogen-bond donors (Lipinski definition) is 1. The van der Waals surface area contributed by atoms with E-state index < -0.39 is 12.7 Å². The van der Waals surface area contributed by atoms with E-state index in [1.165, 1.54) is 0 Å². The molecule has 0 aromatic carbocycles. The average molecular weight is 197 g/mol. The number of hydrogen-bond acceptors (Lipinski definition) is 2. The molecule has 0 spiro atoms. The SMILES string of the molecule is CC=CCOCCNCC(F)(F)F. The van der Waals surface area contributed by atoms with E-state index in [9.17, 15) is 13.2 Å². The van der Waals surface area contributed by atoms with Crippen LogP contribution in [0.1, 0.15) is 6.92 Å². The van der Waals surface area contributed by atoms with E-state index in [0.717, 1.165) is 0 Å². The van der Waals surface area contributed by atoms with Crippen molar-refractivity contribution in [3.05, 3.63) is 12.2 Å². The Morgan fingerprint density at radius 2 is 2.08 bits per heavy atom. The van der Waals surface area contributed by atoms with E-state index in [1.807, 2.05) is 13.0 Å². The highest BCUT2D eigenvalue weighted by Crippen LogP contribution is 2.11. The normalized spacial score (nSPS) is 12.6. The monoisotopic (exact) mass is 197 g/mol. The van der Waals surface area contributed by atoms with Gasteiger partial charge in [-0.15, -0.1) is 0 Å². The van der Waals surface area contributed by atoms with Crippen LogP contribution in [0.4, 0.5) is 13.2 Å². The summed E-state index contributed by atoms with van der Waals surface area (Å²) in [6.45, 7) is 1.85. The van der Waals surface area contributed by atoms with Crippen LogP contribution in [0.25, 0.3) is 0 Å². The molecule has 0 heterocycles. The van der Waals surface area contributed by atoms with Crippen LogP contribution in [0.5, 0.6) is 0 Å². The van der Waals surface area contributed by atoms with Gasteiger partial charge in [-0.3, -0.25) is 0 Å². The molecule has 1 N–H and O–H groups in total. The Kier molecular flexibility index (Phi) is 6.62. The predicted molar refractivity (Wildman–Crippen MR) is 44.6 cm³/mol. The molecule has 2 nitrogen and oxygen atoms in total. The van der Waals surface area contributed by atoms with Crippen molar-refractivity contribution in [2.24, 2.45) is 0 Å². The molecule has 0 aliphatic heterocycles. The molecule has 0 bridgehead atoms. The van der Waals surface area contributed by atoms with Crippen molar-refractivity contribution in [2.75, 3.05) is 26.3 Å². The average Bonchev–Trinajstić information content (AvgIpc) is 2.01. The van der Waals surface area contributed by atoms with Crippen molar-refractivity contribution in [3.8, 4) is 0 Å². The molecular formula is C8H14F3NO. The molecule has 0 rings (SSSR count). The second-order valence-electron chi connectivity index (χ2n) is 2.44. The lowest BCUT2D eigenvalue weighted by Crippen LogP contribution is -2.31. The maximum absolute atomic E-state index is 11.6. The van der Waals surface area contributed by atoms with Crippen LogP contribution in [0.2, 0.25) is 0 Å². The fourth-order valence-corrected chi connectivity index (χ4v) is 0.622. The summed E-state index contributed by atoms with van der Waals surface area (Å²) < 4.78 is 39.7. The van der Waals surface area contributed by atoms with Gasteiger partial charge in [0, 0.05) is 6.54 Å². The topological polar surface area (TPSA) is 21.3 Å². The summed E-state index contributed by atoms with van der Waals surface area (Å²) in [5.74, 6) is 0. The summed E-state index contributed by atoms with van der Waals surface area (Å²) in [6, 6.07) is 0. The molecule has 0 saturated heterocycles. The number of rotatable bonds is 6. The first-order chi connectivity index (χ1) is 6.06. The van der Waals surface area contributed by atoms with Gasteiger partial charge in [-0.25, -0.2) is 0 Å². The van der Waals surface area contributed by atoms with Gasteiger partial charge in [0.15, 0.2) is 0 Å². The maximum Gasteiger partial charge on any atom is 0.401 e. The number of nitrogens with one attached hydrogen (secondary N) is 1.